The minimum absolute atomic E-state index is 0.242. The zero-order valence-electron chi connectivity index (χ0n) is 17.9. The summed E-state index contributed by atoms with van der Waals surface area (Å²) in [4.78, 5) is 0. The summed E-state index contributed by atoms with van der Waals surface area (Å²) in [7, 11) is 1.50. The van der Waals surface area contributed by atoms with Crippen LogP contribution in [-0.4, -0.2) is 7.11 Å². The first-order chi connectivity index (χ1) is 14.1. The smallest absolute Gasteiger partial charge is 0.168 e. The van der Waals surface area contributed by atoms with Crippen molar-refractivity contribution in [2.75, 3.05) is 7.11 Å². The van der Waals surface area contributed by atoms with Crippen LogP contribution in [0, 0.1) is 23.1 Å². The second kappa shape index (κ2) is 9.92. The summed E-state index contributed by atoms with van der Waals surface area (Å²) in [5.41, 5.74) is 3.91. The first-order valence-corrected chi connectivity index (χ1v) is 11.0. The zero-order valence-corrected chi connectivity index (χ0v) is 17.9. The van der Waals surface area contributed by atoms with Crippen LogP contribution < -0.4 is 4.74 Å². The van der Waals surface area contributed by atoms with Crippen molar-refractivity contribution < 1.29 is 9.13 Å². The third-order valence-electron chi connectivity index (χ3n) is 6.53. The summed E-state index contributed by atoms with van der Waals surface area (Å²) < 4.78 is 20.4. The number of methoxy groups -OCH3 is 1. The molecule has 0 unspecified atom stereocenters. The van der Waals surface area contributed by atoms with Gasteiger partial charge in [-0.2, -0.15) is 5.26 Å². The van der Waals surface area contributed by atoms with Gasteiger partial charge in [0.2, 0.25) is 0 Å². The van der Waals surface area contributed by atoms with E-state index in [2.05, 4.69) is 26.0 Å². The maximum atomic E-state index is 15.0. The molecule has 154 valence electrons. The van der Waals surface area contributed by atoms with Gasteiger partial charge in [-0.25, -0.2) is 4.39 Å². The SMILES string of the molecule is CCCCc1ccc(-c2ccc(C3CCC(CC)CC3)cc2C#N)c(OC)c1F. The summed E-state index contributed by atoms with van der Waals surface area (Å²) in [6.45, 7) is 4.37. The molecule has 3 heteroatoms. The van der Waals surface area contributed by atoms with E-state index < -0.39 is 0 Å². The van der Waals surface area contributed by atoms with Crippen LogP contribution in [0.15, 0.2) is 30.3 Å². The Balaban J connectivity index is 1.93. The molecule has 2 aromatic carbocycles. The number of ether oxygens (including phenoxy) is 1. The van der Waals surface area contributed by atoms with E-state index in [1.165, 1.54) is 44.8 Å². The second-order valence-electron chi connectivity index (χ2n) is 8.27. The Hall–Kier alpha value is -2.34. The largest absolute Gasteiger partial charge is 0.493 e. The lowest BCUT2D eigenvalue weighted by molar-refractivity contribution is 0.319. The first-order valence-electron chi connectivity index (χ1n) is 11.0. The van der Waals surface area contributed by atoms with Gasteiger partial charge in [0.25, 0.3) is 0 Å². The van der Waals surface area contributed by atoms with Crippen molar-refractivity contribution >= 4 is 0 Å². The van der Waals surface area contributed by atoms with Crippen molar-refractivity contribution in [2.24, 2.45) is 5.92 Å². The second-order valence-corrected chi connectivity index (χ2v) is 8.27. The highest BCUT2D eigenvalue weighted by molar-refractivity contribution is 5.77. The average molecular weight is 394 g/mol. The molecule has 0 atom stereocenters. The molecule has 0 aromatic heterocycles. The fraction of sp³-hybridized carbons (Fsp3) is 0.500. The molecular weight excluding hydrogens is 361 g/mol. The highest BCUT2D eigenvalue weighted by atomic mass is 19.1. The Labute approximate surface area is 174 Å². The molecule has 2 nitrogen and oxygen atoms in total. The van der Waals surface area contributed by atoms with Crippen LogP contribution in [0.5, 0.6) is 5.75 Å². The lowest BCUT2D eigenvalue weighted by atomic mass is 9.77. The Morgan fingerprint density at radius 2 is 1.79 bits per heavy atom. The molecule has 3 rings (SSSR count). The molecule has 0 amide bonds. The van der Waals surface area contributed by atoms with Gasteiger partial charge in [0.05, 0.1) is 18.7 Å². The lowest BCUT2D eigenvalue weighted by Crippen LogP contribution is -2.12. The molecule has 0 aliphatic heterocycles. The number of benzene rings is 2. The summed E-state index contributed by atoms with van der Waals surface area (Å²) in [6.07, 6.45) is 8.82. The van der Waals surface area contributed by atoms with Gasteiger partial charge in [-0.3, -0.25) is 0 Å². The topological polar surface area (TPSA) is 33.0 Å². The molecule has 1 aliphatic carbocycles. The van der Waals surface area contributed by atoms with E-state index in [0.717, 1.165) is 24.3 Å². The van der Waals surface area contributed by atoms with Gasteiger partial charge in [-0.05, 0) is 67.6 Å². The van der Waals surface area contributed by atoms with Crippen LogP contribution in [0.1, 0.15) is 81.4 Å². The van der Waals surface area contributed by atoms with Gasteiger partial charge < -0.3 is 4.74 Å². The summed E-state index contributed by atoms with van der Waals surface area (Å²) in [5, 5.41) is 9.80. The van der Waals surface area contributed by atoms with E-state index in [-0.39, 0.29) is 11.6 Å². The fourth-order valence-electron chi connectivity index (χ4n) is 4.62. The number of nitrogens with zero attached hydrogens (tertiary/aromatic N) is 1. The lowest BCUT2D eigenvalue weighted by Gasteiger charge is -2.28. The minimum Gasteiger partial charge on any atom is -0.493 e. The van der Waals surface area contributed by atoms with E-state index >= 15 is 4.39 Å². The standard InChI is InChI=1S/C26H32FNO/c1-4-6-7-20-12-15-24(26(29-3)25(20)27)23-14-13-21(16-22(23)17-28)19-10-8-18(5-2)9-11-19/h12-16,18-19H,4-11H2,1-3H3. The molecule has 0 radical (unpaired) electrons. The average Bonchev–Trinajstić information content (AvgIpc) is 2.77. The van der Waals surface area contributed by atoms with Crippen LogP contribution in [-0.2, 0) is 6.42 Å². The van der Waals surface area contributed by atoms with Crippen LogP contribution in [0.3, 0.4) is 0 Å². The maximum Gasteiger partial charge on any atom is 0.168 e. The van der Waals surface area contributed by atoms with E-state index in [9.17, 15) is 5.26 Å². The van der Waals surface area contributed by atoms with Crippen molar-refractivity contribution in [3.8, 4) is 22.9 Å². The monoisotopic (exact) mass is 393 g/mol. The maximum absolute atomic E-state index is 15.0. The van der Waals surface area contributed by atoms with E-state index in [1.54, 1.807) is 0 Å². The van der Waals surface area contributed by atoms with Crippen molar-refractivity contribution in [1.82, 2.24) is 0 Å². The quantitative estimate of drug-likeness (QED) is 0.491. The number of rotatable bonds is 7. The summed E-state index contributed by atoms with van der Waals surface area (Å²) in [5.74, 6) is 1.31. The molecule has 0 heterocycles. The van der Waals surface area contributed by atoms with Gasteiger partial charge in [0, 0.05) is 11.1 Å². The highest BCUT2D eigenvalue weighted by Gasteiger charge is 2.23. The van der Waals surface area contributed by atoms with Gasteiger partial charge in [-0.15, -0.1) is 0 Å². The molecular formula is C26H32FNO. The molecule has 0 spiro atoms. The van der Waals surface area contributed by atoms with Gasteiger partial charge in [0.15, 0.2) is 11.6 Å². The zero-order chi connectivity index (χ0) is 20.8. The molecule has 1 aliphatic rings. The van der Waals surface area contributed by atoms with Gasteiger partial charge in [-0.1, -0.05) is 51.0 Å². The molecule has 2 aromatic rings. The predicted molar refractivity (Wildman–Crippen MR) is 117 cm³/mol. The Morgan fingerprint density at radius 1 is 1.07 bits per heavy atom. The number of aryl methyl sites for hydroxylation is 1. The van der Waals surface area contributed by atoms with Crippen LogP contribution in [0.4, 0.5) is 4.39 Å². The van der Waals surface area contributed by atoms with Gasteiger partial charge in [0.1, 0.15) is 0 Å². The predicted octanol–water partition coefficient (Wildman–Crippen LogP) is 7.40. The Bertz CT molecular complexity index is 875. The summed E-state index contributed by atoms with van der Waals surface area (Å²) in [6, 6.07) is 12.2. The van der Waals surface area contributed by atoms with Crippen molar-refractivity contribution in [3.63, 3.8) is 0 Å². The number of halogens is 1. The molecule has 1 saturated carbocycles. The Morgan fingerprint density at radius 3 is 2.41 bits per heavy atom. The molecule has 0 bridgehead atoms. The fourth-order valence-corrected chi connectivity index (χ4v) is 4.62. The molecule has 0 saturated heterocycles. The van der Waals surface area contributed by atoms with Gasteiger partial charge >= 0.3 is 0 Å². The van der Waals surface area contributed by atoms with Crippen LogP contribution >= 0.6 is 0 Å². The normalized spacial score (nSPS) is 19.0. The third-order valence-corrected chi connectivity index (χ3v) is 6.53. The highest BCUT2D eigenvalue weighted by Crippen LogP contribution is 2.40. The number of hydrogen-bond donors (Lipinski definition) is 0. The van der Waals surface area contributed by atoms with Crippen molar-refractivity contribution in [1.29, 1.82) is 5.26 Å². The molecule has 1 fully saturated rings. The minimum atomic E-state index is -0.302. The van der Waals surface area contributed by atoms with E-state index in [4.69, 9.17) is 4.74 Å². The van der Waals surface area contributed by atoms with Crippen molar-refractivity contribution in [3.05, 3.63) is 52.8 Å². The third kappa shape index (κ3) is 4.64. The van der Waals surface area contributed by atoms with Crippen LogP contribution in [0.2, 0.25) is 0 Å². The van der Waals surface area contributed by atoms with Crippen molar-refractivity contribution in [2.45, 2.75) is 71.1 Å². The Kier molecular flexibility index (Phi) is 7.31. The number of hydrogen-bond acceptors (Lipinski definition) is 2. The van der Waals surface area contributed by atoms with Crippen LogP contribution in [0.25, 0.3) is 11.1 Å². The number of nitriles is 1. The van der Waals surface area contributed by atoms with E-state index in [0.29, 0.717) is 29.0 Å². The summed E-state index contributed by atoms with van der Waals surface area (Å²) >= 11 is 0. The molecule has 29 heavy (non-hydrogen) atoms. The first kappa shape index (κ1) is 21.4. The molecule has 0 N–H and O–H groups in total. The van der Waals surface area contributed by atoms with E-state index in [1.807, 2.05) is 24.3 Å². The number of unbranched alkanes of at least 4 members (excludes halogenated alkanes) is 1.